The number of hydrogen-bond acceptors (Lipinski definition) is 11. The number of nitrogens with zero attached hydrogens (tertiary/aromatic N) is 1. The Morgan fingerprint density at radius 1 is 0.953 bits per heavy atom. The number of aryl methyl sites for hydroxylation is 1. The average molecular weight is 663 g/mol. The number of esters is 4. The first-order valence-corrected chi connectivity index (χ1v) is 14.6. The van der Waals surface area contributed by atoms with Gasteiger partial charge in [0, 0.05) is 39.2 Å². The minimum Gasteiger partial charge on any atom is -0.463 e. The lowest BCUT2D eigenvalue weighted by Gasteiger charge is -2.50. The van der Waals surface area contributed by atoms with Gasteiger partial charge in [0.1, 0.15) is 12.7 Å². The fourth-order valence-corrected chi connectivity index (χ4v) is 5.77. The molecule has 0 bridgehead atoms. The summed E-state index contributed by atoms with van der Waals surface area (Å²) in [6, 6.07) is 10.2. The van der Waals surface area contributed by atoms with Crippen LogP contribution in [0.3, 0.4) is 0 Å². The van der Waals surface area contributed by atoms with Crippen molar-refractivity contribution in [3.63, 3.8) is 0 Å². The van der Waals surface area contributed by atoms with Gasteiger partial charge in [0.15, 0.2) is 12.2 Å². The number of carbonyl (C=O) groups excluding carboxylic acids is 4. The molecule has 12 heteroatoms. The minimum atomic E-state index is -2.46. The van der Waals surface area contributed by atoms with Crippen molar-refractivity contribution in [3.05, 3.63) is 59.2 Å². The summed E-state index contributed by atoms with van der Waals surface area (Å²) >= 11 is 3.72. The SMILES string of the molecule is CCc1ccc(CC2C=C([C@@]3(O)O[C@H](COC(C)=O)[C@@H](OC(C)=O)[C@H](OC(C)=O)[C@H]3OC(C)=O)C=CC2(Br)CC#N)cc1. The Bertz CT molecular complexity index is 1320. The number of aliphatic hydroxyl groups is 1. The standard InChI is InChI=1S/C31H36BrNO10/c1-6-22-7-9-23(10-8-22)15-25-16-24(11-12-30(25,32)13-14-33)31(38)29(42-21(5)37)28(41-20(4)36)27(40-19(3)35)26(43-31)17-39-18(2)34/h7-12,16,25-29,38H,6,13,15,17H2,1-5H3/t25?,26-,27-,28+,29-,30?,31-/m1/s1. The molecule has 3 rings (SSSR count). The third-order valence-electron chi connectivity index (χ3n) is 7.24. The third-order valence-corrected chi connectivity index (χ3v) is 8.37. The van der Waals surface area contributed by atoms with Crippen LogP contribution in [0.4, 0.5) is 0 Å². The van der Waals surface area contributed by atoms with E-state index in [1.807, 2.05) is 24.3 Å². The maximum Gasteiger partial charge on any atom is 0.303 e. The van der Waals surface area contributed by atoms with Crippen LogP contribution in [0.2, 0.25) is 0 Å². The Morgan fingerprint density at radius 2 is 1.53 bits per heavy atom. The first kappa shape index (κ1) is 34.0. The summed E-state index contributed by atoms with van der Waals surface area (Å²) < 4.78 is 26.8. The summed E-state index contributed by atoms with van der Waals surface area (Å²) in [6.45, 7) is 6.05. The van der Waals surface area contributed by atoms with E-state index in [9.17, 15) is 29.5 Å². The Hall–Kier alpha value is -3.53. The molecular weight excluding hydrogens is 626 g/mol. The fraction of sp³-hybridized carbons (Fsp3) is 0.516. The van der Waals surface area contributed by atoms with E-state index in [2.05, 4.69) is 28.9 Å². The monoisotopic (exact) mass is 661 g/mol. The second-order valence-electron chi connectivity index (χ2n) is 10.5. The molecule has 2 aliphatic rings. The van der Waals surface area contributed by atoms with E-state index in [1.54, 1.807) is 12.2 Å². The molecule has 11 nitrogen and oxygen atoms in total. The van der Waals surface area contributed by atoms with Crippen LogP contribution in [0.1, 0.15) is 52.2 Å². The lowest BCUT2D eigenvalue weighted by Crippen LogP contribution is -2.68. The van der Waals surface area contributed by atoms with Gasteiger partial charge >= 0.3 is 23.9 Å². The summed E-state index contributed by atoms with van der Waals surface area (Å²) in [7, 11) is 0. The molecule has 43 heavy (non-hydrogen) atoms. The summed E-state index contributed by atoms with van der Waals surface area (Å²) in [5.74, 6) is -5.98. The van der Waals surface area contributed by atoms with Crippen molar-refractivity contribution in [2.75, 3.05) is 6.61 Å². The molecule has 1 aromatic rings. The molecule has 2 unspecified atom stereocenters. The van der Waals surface area contributed by atoms with Crippen LogP contribution >= 0.6 is 15.9 Å². The van der Waals surface area contributed by atoms with Crippen molar-refractivity contribution in [3.8, 4) is 6.07 Å². The molecule has 1 fully saturated rings. The molecule has 232 valence electrons. The average Bonchev–Trinajstić information content (AvgIpc) is 2.92. The molecule has 0 amide bonds. The lowest BCUT2D eigenvalue weighted by atomic mass is 9.76. The first-order valence-electron chi connectivity index (χ1n) is 13.8. The van der Waals surface area contributed by atoms with Crippen molar-refractivity contribution in [2.24, 2.45) is 5.92 Å². The largest absolute Gasteiger partial charge is 0.463 e. The third kappa shape index (κ3) is 8.31. The number of alkyl halides is 1. The fourth-order valence-electron chi connectivity index (χ4n) is 5.22. The van der Waals surface area contributed by atoms with Crippen molar-refractivity contribution in [1.82, 2.24) is 0 Å². The molecule has 0 saturated carbocycles. The van der Waals surface area contributed by atoms with Gasteiger partial charge in [0.25, 0.3) is 0 Å². The van der Waals surface area contributed by atoms with E-state index in [4.69, 9.17) is 23.7 Å². The van der Waals surface area contributed by atoms with Crippen LogP contribution in [0, 0.1) is 17.2 Å². The van der Waals surface area contributed by atoms with Crippen molar-refractivity contribution in [2.45, 2.75) is 88.4 Å². The Morgan fingerprint density at radius 3 is 2.07 bits per heavy atom. The number of ether oxygens (including phenoxy) is 5. The number of rotatable bonds is 10. The maximum atomic E-state index is 12.3. The Kier molecular flexibility index (Phi) is 11.3. The summed E-state index contributed by atoms with van der Waals surface area (Å²) in [5.41, 5.74) is 2.27. The van der Waals surface area contributed by atoms with Gasteiger partial charge in [-0.3, -0.25) is 19.2 Å². The highest BCUT2D eigenvalue weighted by Gasteiger charge is 2.61. The molecule has 1 aliphatic heterocycles. The second kappa shape index (κ2) is 14.3. The predicted molar refractivity (Wildman–Crippen MR) is 155 cm³/mol. The van der Waals surface area contributed by atoms with E-state index in [-0.39, 0.29) is 12.0 Å². The van der Waals surface area contributed by atoms with E-state index >= 15 is 0 Å². The molecule has 1 N–H and O–H groups in total. The number of carbonyl (C=O) groups is 4. The zero-order valence-electron chi connectivity index (χ0n) is 24.7. The van der Waals surface area contributed by atoms with E-state index in [1.165, 1.54) is 6.08 Å². The van der Waals surface area contributed by atoms with Gasteiger partial charge in [-0.05, 0) is 24.0 Å². The van der Waals surface area contributed by atoms with Crippen LogP contribution in [0.25, 0.3) is 0 Å². The van der Waals surface area contributed by atoms with Crippen LogP contribution in [0.15, 0.2) is 48.1 Å². The van der Waals surface area contributed by atoms with E-state index in [0.717, 1.165) is 45.2 Å². The Labute approximate surface area is 258 Å². The predicted octanol–water partition coefficient (Wildman–Crippen LogP) is 3.40. The van der Waals surface area contributed by atoms with Crippen molar-refractivity contribution < 1.29 is 48.0 Å². The smallest absolute Gasteiger partial charge is 0.303 e. The molecule has 1 heterocycles. The lowest BCUT2D eigenvalue weighted by molar-refractivity contribution is -0.335. The first-order chi connectivity index (χ1) is 20.2. The topological polar surface area (TPSA) is 158 Å². The molecule has 7 atom stereocenters. The van der Waals surface area contributed by atoms with Gasteiger partial charge in [-0.2, -0.15) is 5.26 Å². The highest BCUT2D eigenvalue weighted by Crippen LogP contribution is 2.46. The van der Waals surface area contributed by atoms with Gasteiger partial charge in [0.05, 0.1) is 16.8 Å². The van der Waals surface area contributed by atoms with Crippen molar-refractivity contribution >= 4 is 39.8 Å². The number of hydrogen-bond donors (Lipinski definition) is 1. The molecule has 1 aliphatic carbocycles. The minimum absolute atomic E-state index is 0.0946. The molecule has 1 aromatic carbocycles. The normalized spacial score (nSPS) is 29.9. The van der Waals surface area contributed by atoms with Crippen LogP contribution in [0.5, 0.6) is 0 Å². The van der Waals surface area contributed by atoms with Crippen LogP contribution in [-0.4, -0.2) is 70.1 Å². The second-order valence-corrected chi connectivity index (χ2v) is 12.0. The molecule has 0 spiro atoms. The van der Waals surface area contributed by atoms with Crippen LogP contribution < -0.4 is 0 Å². The van der Waals surface area contributed by atoms with Gasteiger partial charge < -0.3 is 28.8 Å². The van der Waals surface area contributed by atoms with E-state index < -0.39 is 70.9 Å². The number of halogens is 1. The molecular formula is C31H36BrNO10. The number of nitriles is 1. The van der Waals surface area contributed by atoms with Gasteiger partial charge in [0.2, 0.25) is 11.9 Å². The number of allylic oxidation sites excluding steroid dienone is 2. The zero-order chi connectivity index (χ0) is 31.9. The summed E-state index contributed by atoms with van der Waals surface area (Å²) in [5, 5.41) is 21.9. The van der Waals surface area contributed by atoms with Crippen LogP contribution in [-0.2, 0) is 55.7 Å². The molecule has 0 aromatic heterocycles. The molecule has 1 saturated heterocycles. The molecule has 0 radical (unpaired) electrons. The zero-order valence-corrected chi connectivity index (χ0v) is 26.3. The van der Waals surface area contributed by atoms with Gasteiger partial charge in [-0.25, -0.2) is 0 Å². The van der Waals surface area contributed by atoms with Crippen molar-refractivity contribution in [1.29, 1.82) is 5.26 Å². The Balaban J connectivity index is 2.16. The van der Waals surface area contributed by atoms with Gasteiger partial charge in [-0.15, -0.1) is 0 Å². The quantitative estimate of drug-likeness (QED) is 0.222. The highest BCUT2D eigenvalue weighted by atomic mass is 79.9. The van der Waals surface area contributed by atoms with E-state index in [0.29, 0.717) is 6.42 Å². The highest BCUT2D eigenvalue weighted by molar-refractivity contribution is 9.10. The summed E-state index contributed by atoms with van der Waals surface area (Å²) in [6.07, 6.45) is 0.370. The van der Waals surface area contributed by atoms with Gasteiger partial charge in [-0.1, -0.05) is 65.3 Å². The summed E-state index contributed by atoms with van der Waals surface area (Å²) in [4.78, 5) is 48.3. The number of benzene rings is 1. The maximum absolute atomic E-state index is 12.3.